The molecule has 0 amide bonds. The highest BCUT2D eigenvalue weighted by Crippen LogP contribution is 2.29. The lowest BCUT2D eigenvalue weighted by atomic mass is 9.89. The zero-order valence-electron chi connectivity index (χ0n) is 18.8. The van der Waals surface area contributed by atoms with Crippen LogP contribution in [0, 0.1) is 19.8 Å². The molecule has 0 aromatic heterocycles. The minimum atomic E-state index is 0.531. The lowest BCUT2D eigenvalue weighted by molar-refractivity contribution is 0.417. The van der Waals surface area contributed by atoms with Gasteiger partial charge in [0.2, 0.25) is 0 Å². The van der Waals surface area contributed by atoms with Gasteiger partial charge in [-0.1, -0.05) is 116 Å². The van der Waals surface area contributed by atoms with Crippen LogP contribution in [0.5, 0.6) is 5.75 Å². The number of phenolic OH excluding ortho intramolecular Hbond substituents is 1. The van der Waals surface area contributed by atoms with Crippen molar-refractivity contribution in [1.82, 2.24) is 0 Å². The van der Waals surface area contributed by atoms with E-state index in [1.807, 2.05) is 6.92 Å². The van der Waals surface area contributed by atoms with Gasteiger partial charge in [-0.25, -0.2) is 0 Å². The minimum absolute atomic E-state index is 0.531. The van der Waals surface area contributed by atoms with Crippen LogP contribution >= 0.6 is 0 Å². The van der Waals surface area contributed by atoms with Crippen LogP contribution in [0.25, 0.3) is 0 Å². The Labute approximate surface area is 170 Å². The molecule has 0 heterocycles. The van der Waals surface area contributed by atoms with Crippen molar-refractivity contribution in [3.05, 3.63) is 28.8 Å². The zero-order valence-corrected chi connectivity index (χ0v) is 18.8. The topological polar surface area (TPSA) is 20.2 Å². The first-order valence-corrected chi connectivity index (χ1v) is 11.9. The number of hydrogen-bond acceptors (Lipinski definition) is 1. The van der Waals surface area contributed by atoms with Crippen LogP contribution in [0.1, 0.15) is 120 Å². The molecule has 0 aliphatic rings. The van der Waals surface area contributed by atoms with Crippen molar-refractivity contribution in [2.75, 3.05) is 0 Å². The second-order valence-electron chi connectivity index (χ2n) is 8.67. The van der Waals surface area contributed by atoms with Gasteiger partial charge in [0.1, 0.15) is 5.75 Å². The fourth-order valence-electron chi connectivity index (χ4n) is 4.06. The zero-order chi connectivity index (χ0) is 19.9. The monoisotopic (exact) mass is 374 g/mol. The largest absolute Gasteiger partial charge is 0.507 e. The predicted octanol–water partition coefficient (Wildman–Crippen LogP) is 8.67. The predicted molar refractivity (Wildman–Crippen MR) is 121 cm³/mol. The lowest BCUT2D eigenvalue weighted by Crippen LogP contribution is -2.04. The summed E-state index contributed by atoms with van der Waals surface area (Å²) in [7, 11) is 0. The Morgan fingerprint density at radius 3 is 1.78 bits per heavy atom. The van der Waals surface area contributed by atoms with E-state index < -0.39 is 0 Å². The first kappa shape index (κ1) is 24.1. The average molecular weight is 375 g/mol. The molecule has 1 unspecified atom stereocenters. The highest BCUT2D eigenvalue weighted by molar-refractivity contribution is 5.44. The van der Waals surface area contributed by atoms with Crippen molar-refractivity contribution in [3.63, 3.8) is 0 Å². The number of hydrogen-bond donors (Lipinski definition) is 1. The molecule has 1 N–H and O–H groups in total. The van der Waals surface area contributed by atoms with Crippen LogP contribution in [0.4, 0.5) is 0 Å². The van der Waals surface area contributed by atoms with Gasteiger partial charge < -0.3 is 5.11 Å². The molecule has 0 aliphatic heterocycles. The fourth-order valence-corrected chi connectivity index (χ4v) is 4.06. The molecule has 1 aromatic rings. The third-order valence-electron chi connectivity index (χ3n) is 6.34. The molecule has 0 fully saturated rings. The van der Waals surface area contributed by atoms with Crippen LogP contribution in [-0.4, -0.2) is 5.11 Å². The maximum absolute atomic E-state index is 10.4. The Morgan fingerprint density at radius 1 is 0.741 bits per heavy atom. The molecule has 27 heavy (non-hydrogen) atoms. The molecule has 1 nitrogen and oxygen atoms in total. The smallest absolute Gasteiger partial charge is 0.121 e. The highest BCUT2D eigenvalue weighted by Gasteiger charge is 2.12. The van der Waals surface area contributed by atoms with E-state index in [9.17, 15) is 5.11 Å². The third kappa shape index (κ3) is 10.2. The molecular formula is C26H46O. The van der Waals surface area contributed by atoms with E-state index in [-0.39, 0.29) is 0 Å². The maximum atomic E-state index is 10.4. The molecule has 0 bridgehead atoms. The Balaban J connectivity index is 2.08. The van der Waals surface area contributed by atoms with Crippen LogP contribution in [-0.2, 0) is 6.42 Å². The highest BCUT2D eigenvalue weighted by atomic mass is 16.3. The molecular weight excluding hydrogens is 328 g/mol. The molecule has 1 rings (SSSR count). The number of phenols is 1. The minimum Gasteiger partial charge on any atom is -0.507 e. The van der Waals surface area contributed by atoms with Crippen LogP contribution in [0.3, 0.4) is 0 Å². The molecule has 1 atom stereocenters. The fraction of sp³-hybridized carbons (Fsp3) is 0.769. The number of aromatic hydroxyl groups is 1. The van der Waals surface area contributed by atoms with Gasteiger partial charge in [0.25, 0.3) is 0 Å². The molecule has 156 valence electrons. The molecule has 0 spiro atoms. The number of benzene rings is 1. The van der Waals surface area contributed by atoms with Crippen molar-refractivity contribution in [2.45, 2.75) is 124 Å². The second kappa shape index (κ2) is 15.0. The Hall–Kier alpha value is -0.980. The summed E-state index contributed by atoms with van der Waals surface area (Å²) in [5, 5.41) is 10.4. The van der Waals surface area contributed by atoms with E-state index in [1.165, 1.54) is 95.5 Å². The Morgan fingerprint density at radius 2 is 1.26 bits per heavy atom. The third-order valence-corrected chi connectivity index (χ3v) is 6.34. The Kier molecular flexibility index (Phi) is 13.4. The van der Waals surface area contributed by atoms with Gasteiger partial charge in [-0.15, -0.1) is 0 Å². The van der Waals surface area contributed by atoms with E-state index in [0.29, 0.717) is 11.7 Å². The van der Waals surface area contributed by atoms with Gasteiger partial charge in [0, 0.05) is 0 Å². The molecule has 0 saturated carbocycles. The van der Waals surface area contributed by atoms with Crippen molar-refractivity contribution in [2.24, 2.45) is 5.92 Å². The van der Waals surface area contributed by atoms with Crippen LogP contribution < -0.4 is 0 Å². The summed E-state index contributed by atoms with van der Waals surface area (Å²) in [5.41, 5.74) is 3.38. The van der Waals surface area contributed by atoms with Gasteiger partial charge in [0.05, 0.1) is 0 Å². The molecule has 1 heteroatoms. The van der Waals surface area contributed by atoms with Crippen LogP contribution in [0.2, 0.25) is 0 Å². The number of rotatable bonds is 16. The lowest BCUT2D eigenvalue weighted by Gasteiger charge is -2.17. The van der Waals surface area contributed by atoms with E-state index in [2.05, 4.69) is 32.9 Å². The SMILES string of the molecule is CCCCCCCCCCCCCCC(CC)Cc1ccc(C)c(C)c1O. The summed E-state index contributed by atoms with van der Waals surface area (Å²) in [6.45, 7) is 8.68. The summed E-state index contributed by atoms with van der Waals surface area (Å²) in [6.07, 6.45) is 20.5. The van der Waals surface area contributed by atoms with Crippen LogP contribution in [0.15, 0.2) is 12.1 Å². The van der Waals surface area contributed by atoms with E-state index in [1.54, 1.807) is 0 Å². The first-order chi connectivity index (χ1) is 13.1. The standard InChI is InChI=1S/C26H46O/c1-5-7-8-9-10-11-12-13-14-15-16-17-18-24(6-2)21-25-20-19-22(3)23(4)26(25)27/h19-20,24,27H,5-18,21H2,1-4H3. The van der Waals surface area contributed by atoms with Gasteiger partial charge in [-0.2, -0.15) is 0 Å². The van der Waals surface area contributed by atoms with E-state index >= 15 is 0 Å². The Bertz CT molecular complexity index is 491. The molecule has 0 aliphatic carbocycles. The van der Waals surface area contributed by atoms with Crippen molar-refractivity contribution in [3.8, 4) is 5.75 Å². The summed E-state index contributed by atoms with van der Waals surface area (Å²) in [6, 6.07) is 4.28. The molecule has 1 aromatic carbocycles. The van der Waals surface area contributed by atoms with Gasteiger partial charge in [-0.3, -0.25) is 0 Å². The van der Waals surface area contributed by atoms with Crippen molar-refractivity contribution < 1.29 is 5.11 Å². The quantitative estimate of drug-likeness (QED) is 0.287. The van der Waals surface area contributed by atoms with Crippen molar-refractivity contribution >= 4 is 0 Å². The summed E-state index contributed by atoms with van der Waals surface area (Å²) >= 11 is 0. The average Bonchev–Trinajstić information content (AvgIpc) is 2.67. The number of unbranched alkanes of at least 4 members (excludes halogenated alkanes) is 11. The summed E-state index contributed by atoms with van der Waals surface area (Å²) < 4.78 is 0. The first-order valence-electron chi connectivity index (χ1n) is 11.9. The molecule has 0 saturated heterocycles. The molecule has 0 radical (unpaired) electrons. The number of aryl methyl sites for hydroxylation is 1. The van der Waals surface area contributed by atoms with E-state index in [4.69, 9.17) is 0 Å². The normalized spacial score (nSPS) is 12.4. The second-order valence-corrected chi connectivity index (χ2v) is 8.67. The summed E-state index contributed by atoms with van der Waals surface area (Å²) in [5.74, 6) is 1.24. The van der Waals surface area contributed by atoms with Gasteiger partial charge in [0.15, 0.2) is 0 Å². The van der Waals surface area contributed by atoms with E-state index in [0.717, 1.165) is 17.5 Å². The summed E-state index contributed by atoms with van der Waals surface area (Å²) in [4.78, 5) is 0. The van der Waals surface area contributed by atoms with Gasteiger partial charge in [-0.05, 0) is 42.9 Å². The van der Waals surface area contributed by atoms with Gasteiger partial charge >= 0.3 is 0 Å². The van der Waals surface area contributed by atoms with Crippen molar-refractivity contribution in [1.29, 1.82) is 0 Å². The maximum Gasteiger partial charge on any atom is 0.121 e.